The summed E-state index contributed by atoms with van der Waals surface area (Å²) in [5, 5.41) is 2.99. The van der Waals surface area contributed by atoms with Gasteiger partial charge < -0.3 is 5.32 Å². The molecule has 1 aliphatic heterocycles. The Morgan fingerprint density at radius 2 is 1.63 bits per heavy atom. The Morgan fingerprint density at radius 3 is 2.11 bits per heavy atom. The molecule has 5 heteroatoms. The molecule has 2 unspecified atom stereocenters. The zero-order valence-electron chi connectivity index (χ0n) is 11.8. The maximum Gasteiger partial charge on any atom is 0.243 e. The lowest BCUT2D eigenvalue weighted by atomic mass is 9.94. The van der Waals surface area contributed by atoms with Gasteiger partial charge in [-0.2, -0.15) is 4.31 Å². The molecule has 1 heterocycles. The molecule has 0 amide bonds. The molecule has 2 rings (SSSR count). The van der Waals surface area contributed by atoms with E-state index in [-0.39, 0.29) is 0 Å². The topological polar surface area (TPSA) is 49.4 Å². The van der Waals surface area contributed by atoms with Gasteiger partial charge in [0.25, 0.3) is 0 Å². The summed E-state index contributed by atoms with van der Waals surface area (Å²) in [6, 6.07) is 6.93. The number of anilines is 1. The highest BCUT2D eigenvalue weighted by atomic mass is 32.2. The van der Waals surface area contributed by atoms with E-state index in [1.54, 1.807) is 28.6 Å². The molecule has 0 aliphatic carbocycles. The van der Waals surface area contributed by atoms with Crippen molar-refractivity contribution in [2.75, 3.05) is 25.5 Å². The number of benzene rings is 1. The molecule has 2 atom stereocenters. The third kappa shape index (κ3) is 3.09. The van der Waals surface area contributed by atoms with Crippen molar-refractivity contribution >= 4 is 15.7 Å². The molecule has 1 saturated heterocycles. The number of piperidine rings is 1. The monoisotopic (exact) mass is 282 g/mol. The standard InChI is InChI=1S/C14H22N2O2S/c1-11-8-12(2)10-16(9-11)19(17,18)14-6-4-13(15-3)5-7-14/h4-7,11-12,15H,8-10H2,1-3H3. The first-order chi connectivity index (χ1) is 8.93. The lowest BCUT2D eigenvalue weighted by Gasteiger charge is -2.34. The van der Waals surface area contributed by atoms with E-state index in [1.165, 1.54) is 0 Å². The van der Waals surface area contributed by atoms with Crippen LogP contribution in [0.1, 0.15) is 20.3 Å². The Balaban J connectivity index is 2.25. The predicted molar refractivity (Wildman–Crippen MR) is 77.7 cm³/mol. The van der Waals surface area contributed by atoms with Gasteiger partial charge >= 0.3 is 0 Å². The van der Waals surface area contributed by atoms with E-state index < -0.39 is 10.0 Å². The van der Waals surface area contributed by atoms with Crippen LogP contribution in [0.4, 0.5) is 5.69 Å². The fourth-order valence-corrected chi connectivity index (χ4v) is 4.42. The summed E-state index contributed by atoms with van der Waals surface area (Å²) >= 11 is 0. The van der Waals surface area contributed by atoms with E-state index in [0.29, 0.717) is 29.8 Å². The Bertz CT molecular complexity index is 515. The van der Waals surface area contributed by atoms with Crippen LogP contribution in [0.3, 0.4) is 0 Å². The van der Waals surface area contributed by atoms with Crippen LogP contribution in [0.25, 0.3) is 0 Å². The summed E-state index contributed by atoms with van der Waals surface area (Å²) in [6.07, 6.45) is 1.10. The van der Waals surface area contributed by atoms with E-state index in [1.807, 2.05) is 7.05 Å². The fraction of sp³-hybridized carbons (Fsp3) is 0.571. The minimum atomic E-state index is -3.35. The SMILES string of the molecule is CNc1ccc(S(=O)(=O)N2CC(C)CC(C)C2)cc1. The van der Waals surface area contributed by atoms with Crippen LogP contribution in [-0.4, -0.2) is 32.9 Å². The lowest BCUT2D eigenvalue weighted by molar-refractivity contribution is 0.222. The van der Waals surface area contributed by atoms with Crippen molar-refractivity contribution < 1.29 is 8.42 Å². The highest BCUT2D eigenvalue weighted by Crippen LogP contribution is 2.27. The maximum atomic E-state index is 12.6. The summed E-state index contributed by atoms with van der Waals surface area (Å²) in [5.41, 5.74) is 0.916. The molecular weight excluding hydrogens is 260 g/mol. The van der Waals surface area contributed by atoms with Gasteiger partial charge in [0, 0.05) is 25.8 Å². The molecule has 4 nitrogen and oxygen atoms in total. The molecule has 1 fully saturated rings. The van der Waals surface area contributed by atoms with E-state index in [2.05, 4.69) is 19.2 Å². The zero-order valence-corrected chi connectivity index (χ0v) is 12.6. The molecule has 0 aromatic heterocycles. The quantitative estimate of drug-likeness (QED) is 0.926. The second-order valence-electron chi connectivity index (χ2n) is 5.54. The molecule has 19 heavy (non-hydrogen) atoms. The van der Waals surface area contributed by atoms with Crippen LogP contribution in [-0.2, 0) is 10.0 Å². The first-order valence-electron chi connectivity index (χ1n) is 6.71. The van der Waals surface area contributed by atoms with Gasteiger partial charge in [0.2, 0.25) is 10.0 Å². The van der Waals surface area contributed by atoms with Crippen molar-refractivity contribution in [3.63, 3.8) is 0 Å². The van der Waals surface area contributed by atoms with Gasteiger partial charge in [0.15, 0.2) is 0 Å². The molecule has 0 saturated carbocycles. The van der Waals surface area contributed by atoms with Crippen LogP contribution in [0, 0.1) is 11.8 Å². The summed E-state index contributed by atoms with van der Waals surface area (Å²) in [5.74, 6) is 0.852. The number of nitrogens with zero attached hydrogens (tertiary/aromatic N) is 1. The number of nitrogens with one attached hydrogen (secondary N) is 1. The summed E-state index contributed by atoms with van der Waals surface area (Å²) in [4.78, 5) is 0.382. The average Bonchev–Trinajstić information content (AvgIpc) is 2.37. The maximum absolute atomic E-state index is 12.6. The third-order valence-electron chi connectivity index (χ3n) is 3.62. The van der Waals surface area contributed by atoms with Gasteiger partial charge in [-0.15, -0.1) is 0 Å². The van der Waals surface area contributed by atoms with Gasteiger partial charge in [0.05, 0.1) is 4.90 Å². The minimum Gasteiger partial charge on any atom is -0.388 e. The van der Waals surface area contributed by atoms with E-state index in [9.17, 15) is 8.42 Å². The number of hydrogen-bond donors (Lipinski definition) is 1. The Labute approximate surface area is 115 Å². The number of hydrogen-bond acceptors (Lipinski definition) is 3. The van der Waals surface area contributed by atoms with Crippen LogP contribution in [0.2, 0.25) is 0 Å². The highest BCUT2D eigenvalue weighted by molar-refractivity contribution is 7.89. The smallest absolute Gasteiger partial charge is 0.243 e. The number of sulfonamides is 1. The second kappa shape index (κ2) is 5.51. The van der Waals surface area contributed by atoms with E-state index in [0.717, 1.165) is 12.1 Å². The van der Waals surface area contributed by atoms with Crippen LogP contribution >= 0.6 is 0 Å². The van der Waals surface area contributed by atoms with Crippen molar-refractivity contribution in [3.8, 4) is 0 Å². The second-order valence-corrected chi connectivity index (χ2v) is 7.48. The molecule has 106 valence electrons. The first kappa shape index (κ1) is 14.3. The van der Waals surface area contributed by atoms with Gasteiger partial charge in [0.1, 0.15) is 0 Å². The van der Waals surface area contributed by atoms with Gasteiger partial charge in [-0.3, -0.25) is 0 Å². The average molecular weight is 282 g/mol. The number of rotatable bonds is 3. The lowest BCUT2D eigenvalue weighted by Crippen LogP contribution is -2.42. The van der Waals surface area contributed by atoms with Gasteiger partial charge in [-0.1, -0.05) is 13.8 Å². The van der Waals surface area contributed by atoms with Crippen molar-refractivity contribution in [2.45, 2.75) is 25.2 Å². The van der Waals surface area contributed by atoms with Crippen molar-refractivity contribution in [1.82, 2.24) is 4.31 Å². The first-order valence-corrected chi connectivity index (χ1v) is 8.15. The van der Waals surface area contributed by atoms with Crippen LogP contribution < -0.4 is 5.32 Å². The largest absolute Gasteiger partial charge is 0.388 e. The predicted octanol–water partition coefficient (Wildman–Crippen LogP) is 2.39. The van der Waals surface area contributed by atoms with Gasteiger partial charge in [-0.05, 0) is 42.5 Å². The fourth-order valence-electron chi connectivity index (χ4n) is 2.74. The van der Waals surface area contributed by atoms with E-state index >= 15 is 0 Å². The Hall–Kier alpha value is -1.07. The molecule has 0 bridgehead atoms. The van der Waals surface area contributed by atoms with Crippen LogP contribution in [0.5, 0.6) is 0 Å². The van der Waals surface area contributed by atoms with Crippen molar-refractivity contribution in [1.29, 1.82) is 0 Å². The molecule has 0 spiro atoms. The summed E-state index contributed by atoms with van der Waals surface area (Å²) in [7, 11) is -1.53. The zero-order chi connectivity index (χ0) is 14.0. The minimum absolute atomic E-state index is 0.382. The highest BCUT2D eigenvalue weighted by Gasteiger charge is 2.31. The van der Waals surface area contributed by atoms with Crippen LogP contribution in [0.15, 0.2) is 29.2 Å². The molecular formula is C14H22N2O2S. The molecule has 1 aromatic rings. The molecule has 1 aliphatic rings. The normalized spacial score (nSPS) is 25.2. The van der Waals surface area contributed by atoms with E-state index in [4.69, 9.17) is 0 Å². The van der Waals surface area contributed by atoms with Gasteiger partial charge in [-0.25, -0.2) is 8.42 Å². The summed E-state index contributed by atoms with van der Waals surface area (Å²) in [6.45, 7) is 5.48. The Morgan fingerprint density at radius 1 is 1.11 bits per heavy atom. The molecule has 0 radical (unpaired) electrons. The van der Waals surface area contributed by atoms with Crippen molar-refractivity contribution in [2.24, 2.45) is 11.8 Å². The summed E-state index contributed by atoms with van der Waals surface area (Å²) < 4.78 is 26.8. The Kier molecular flexibility index (Phi) is 4.16. The third-order valence-corrected chi connectivity index (χ3v) is 5.46. The molecule has 1 N–H and O–H groups in total. The molecule has 1 aromatic carbocycles. The van der Waals surface area contributed by atoms with Crippen molar-refractivity contribution in [3.05, 3.63) is 24.3 Å².